The third-order valence-electron chi connectivity index (χ3n) is 3.04. The molecule has 62 valence electrons. The maximum Gasteiger partial charge on any atom is 0.0816 e. The van der Waals surface area contributed by atoms with E-state index in [9.17, 15) is 0 Å². The molecule has 0 aromatic heterocycles. The van der Waals surface area contributed by atoms with Gasteiger partial charge in [-0.15, -0.1) is 0 Å². The summed E-state index contributed by atoms with van der Waals surface area (Å²) in [6, 6.07) is 0. The van der Waals surface area contributed by atoms with Gasteiger partial charge >= 0.3 is 0 Å². The summed E-state index contributed by atoms with van der Waals surface area (Å²) in [7, 11) is 1.75. The maximum atomic E-state index is 5.04. The molecule has 2 saturated carbocycles. The Morgan fingerprint density at radius 3 is 2.45 bits per heavy atom. The van der Waals surface area contributed by atoms with Crippen LogP contribution in [0.3, 0.4) is 0 Å². The fraction of sp³-hybridized carbons (Fsp3) is 0.800. The van der Waals surface area contributed by atoms with Crippen molar-refractivity contribution in [3.63, 3.8) is 0 Å². The minimum absolute atomic E-state index is 0.996. The molecule has 11 heavy (non-hydrogen) atoms. The van der Waals surface area contributed by atoms with Gasteiger partial charge in [0.2, 0.25) is 0 Å². The lowest BCUT2D eigenvalue weighted by atomic mass is 9.86. The Morgan fingerprint density at radius 2 is 1.91 bits per heavy atom. The van der Waals surface area contributed by atoms with Crippen molar-refractivity contribution >= 4 is 0 Å². The normalized spacial score (nSPS) is 35.5. The highest BCUT2D eigenvalue weighted by atomic mass is 16.5. The SMILES string of the molecule is COC=C1CC2CCC(C1)C2. The van der Waals surface area contributed by atoms with E-state index in [2.05, 4.69) is 0 Å². The lowest BCUT2D eigenvalue weighted by molar-refractivity contribution is 0.319. The lowest BCUT2D eigenvalue weighted by Crippen LogP contribution is -2.07. The van der Waals surface area contributed by atoms with Crippen molar-refractivity contribution in [3.05, 3.63) is 11.8 Å². The summed E-state index contributed by atoms with van der Waals surface area (Å²) in [6.45, 7) is 0. The fourth-order valence-electron chi connectivity index (χ4n) is 2.64. The Balaban J connectivity index is 2.02. The summed E-state index contributed by atoms with van der Waals surface area (Å²) in [5.41, 5.74) is 1.55. The van der Waals surface area contributed by atoms with Gasteiger partial charge in [0.1, 0.15) is 0 Å². The second-order valence-corrected chi connectivity index (χ2v) is 3.97. The number of hydrogen-bond acceptors (Lipinski definition) is 1. The average molecular weight is 152 g/mol. The number of fused-ring (bicyclic) bond motifs is 2. The predicted molar refractivity (Wildman–Crippen MR) is 45.2 cm³/mol. The monoisotopic (exact) mass is 152 g/mol. The highest BCUT2D eigenvalue weighted by molar-refractivity contribution is 5.07. The molecule has 0 aromatic rings. The van der Waals surface area contributed by atoms with Gasteiger partial charge in [0.25, 0.3) is 0 Å². The quantitative estimate of drug-likeness (QED) is 0.525. The first kappa shape index (κ1) is 7.20. The summed E-state index contributed by atoms with van der Waals surface area (Å²) in [5.74, 6) is 1.99. The third kappa shape index (κ3) is 1.42. The number of rotatable bonds is 1. The lowest BCUT2D eigenvalue weighted by Gasteiger charge is -2.20. The predicted octanol–water partition coefficient (Wildman–Crippen LogP) is 2.73. The van der Waals surface area contributed by atoms with Crippen LogP contribution in [-0.2, 0) is 4.74 Å². The molecule has 0 spiro atoms. The molecule has 0 amide bonds. The highest BCUT2D eigenvalue weighted by Gasteiger charge is 2.30. The summed E-state index contributed by atoms with van der Waals surface area (Å²) >= 11 is 0. The molecule has 2 bridgehead atoms. The van der Waals surface area contributed by atoms with E-state index in [1.54, 1.807) is 12.7 Å². The largest absolute Gasteiger partial charge is 0.504 e. The average Bonchev–Trinajstić information content (AvgIpc) is 2.32. The van der Waals surface area contributed by atoms with Crippen molar-refractivity contribution in [3.8, 4) is 0 Å². The van der Waals surface area contributed by atoms with Gasteiger partial charge in [0, 0.05) is 0 Å². The Kier molecular flexibility index (Phi) is 1.89. The molecule has 1 heteroatoms. The molecule has 2 aliphatic rings. The first-order valence-corrected chi connectivity index (χ1v) is 4.59. The molecule has 1 nitrogen and oxygen atoms in total. The maximum absolute atomic E-state index is 5.04. The van der Waals surface area contributed by atoms with Gasteiger partial charge in [-0.1, -0.05) is 0 Å². The van der Waals surface area contributed by atoms with E-state index in [0.29, 0.717) is 0 Å². The van der Waals surface area contributed by atoms with Crippen LogP contribution >= 0.6 is 0 Å². The zero-order valence-corrected chi connectivity index (χ0v) is 7.18. The second-order valence-electron chi connectivity index (χ2n) is 3.97. The summed E-state index contributed by atoms with van der Waals surface area (Å²) in [5, 5.41) is 0. The fourth-order valence-corrected chi connectivity index (χ4v) is 2.64. The van der Waals surface area contributed by atoms with Crippen LogP contribution in [0.2, 0.25) is 0 Å². The standard InChI is InChI=1S/C10H16O/c1-11-7-10-5-8-2-3-9(4-8)6-10/h7-9H,2-6H2,1H3. The topological polar surface area (TPSA) is 9.23 Å². The molecule has 0 saturated heterocycles. The van der Waals surface area contributed by atoms with Crippen LogP contribution < -0.4 is 0 Å². The Morgan fingerprint density at radius 1 is 1.27 bits per heavy atom. The molecule has 2 atom stereocenters. The second kappa shape index (κ2) is 2.88. The van der Waals surface area contributed by atoms with Crippen LogP contribution in [0.1, 0.15) is 32.1 Å². The van der Waals surface area contributed by atoms with E-state index < -0.39 is 0 Å². The first-order valence-electron chi connectivity index (χ1n) is 4.59. The molecule has 0 aliphatic heterocycles. The van der Waals surface area contributed by atoms with E-state index in [0.717, 1.165) is 11.8 Å². The number of ether oxygens (including phenoxy) is 1. The number of methoxy groups -OCH3 is 1. The van der Waals surface area contributed by atoms with Crippen molar-refractivity contribution in [2.45, 2.75) is 32.1 Å². The van der Waals surface area contributed by atoms with E-state index in [1.807, 2.05) is 6.26 Å². The minimum Gasteiger partial charge on any atom is -0.504 e. The molecule has 2 aliphatic carbocycles. The smallest absolute Gasteiger partial charge is 0.0816 e. The summed E-state index contributed by atoms with van der Waals surface area (Å²) in [6.07, 6.45) is 9.00. The van der Waals surface area contributed by atoms with Gasteiger partial charge in [0.05, 0.1) is 13.4 Å². The Labute approximate surface area is 68.4 Å². The zero-order valence-electron chi connectivity index (χ0n) is 7.18. The van der Waals surface area contributed by atoms with Crippen LogP contribution in [-0.4, -0.2) is 7.11 Å². The van der Waals surface area contributed by atoms with Crippen molar-refractivity contribution in [2.75, 3.05) is 7.11 Å². The molecular formula is C10H16O. The summed E-state index contributed by atoms with van der Waals surface area (Å²) in [4.78, 5) is 0. The molecule has 0 N–H and O–H groups in total. The minimum atomic E-state index is 0.996. The van der Waals surface area contributed by atoms with Crippen LogP contribution in [0, 0.1) is 11.8 Å². The van der Waals surface area contributed by atoms with Crippen LogP contribution in [0.5, 0.6) is 0 Å². The Hall–Kier alpha value is -0.460. The van der Waals surface area contributed by atoms with Gasteiger partial charge in [-0.2, -0.15) is 0 Å². The van der Waals surface area contributed by atoms with Crippen LogP contribution in [0.15, 0.2) is 11.8 Å². The number of hydrogen-bond donors (Lipinski definition) is 0. The number of allylic oxidation sites excluding steroid dienone is 1. The molecule has 2 unspecified atom stereocenters. The van der Waals surface area contributed by atoms with E-state index in [-0.39, 0.29) is 0 Å². The Bertz CT molecular complexity index is 158. The van der Waals surface area contributed by atoms with Gasteiger partial charge in [-0.3, -0.25) is 0 Å². The van der Waals surface area contributed by atoms with E-state index in [1.165, 1.54) is 32.1 Å². The van der Waals surface area contributed by atoms with Crippen molar-refractivity contribution in [1.29, 1.82) is 0 Å². The molecule has 0 radical (unpaired) electrons. The molecular weight excluding hydrogens is 136 g/mol. The van der Waals surface area contributed by atoms with Gasteiger partial charge in [-0.05, 0) is 49.5 Å². The molecule has 0 heterocycles. The third-order valence-corrected chi connectivity index (χ3v) is 3.04. The van der Waals surface area contributed by atoms with Gasteiger partial charge < -0.3 is 4.74 Å². The van der Waals surface area contributed by atoms with E-state index in [4.69, 9.17) is 4.74 Å². The van der Waals surface area contributed by atoms with Crippen LogP contribution in [0.25, 0.3) is 0 Å². The van der Waals surface area contributed by atoms with Crippen molar-refractivity contribution in [2.24, 2.45) is 11.8 Å². The first-order chi connectivity index (χ1) is 5.38. The van der Waals surface area contributed by atoms with Gasteiger partial charge in [-0.25, -0.2) is 0 Å². The molecule has 0 aromatic carbocycles. The summed E-state index contributed by atoms with van der Waals surface area (Å²) < 4.78 is 5.04. The van der Waals surface area contributed by atoms with Crippen LogP contribution in [0.4, 0.5) is 0 Å². The molecule has 2 rings (SSSR count). The highest BCUT2D eigenvalue weighted by Crippen LogP contribution is 2.44. The molecule has 2 fully saturated rings. The zero-order chi connectivity index (χ0) is 7.68. The van der Waals surface area contributed by atoms with Gasteiger partial charge in [0.15, 0.2) is 0 Å². The van der Waals surface area contributed by atoms with Crippen molar-refractivity contribution in [1.82, 2.24) is 0 Å². The van der Waals surface area contributed by atoms with E-state index >= 15 is 0 Å². The van der Waals surface area contributed by atoms with Crippen molar-refractivity contribution < 1.29 is 4.74 Å².